The minimum atomic E-state index is -4.69. The van der Waals surface area contributed by atoms with E-state index in [1.54, 1.807) is 12.1 Å². The molecule has 0 radical (unpaired) electrons. The third-order valence-electron chi connectivity index (χ3n) is 4.93. The molecule has 5 nitrogen and oxygen atoms in total. The molecule has 0 saturated heterocycles. The van der Waals surface area contributed by atoms with E-state index in [0.717, 1.165) is 28.8 Å². The maximum atomic E-state index is 13.0. The summed E-state index contributed by atoms with van der Waals surface area (Å²) >= 11 is 0. The third-order valence-corrected chi connectivity index (χ3v) is 4.93. The number of aryl methyl sites for hydroxylation is 1. The summed E-state index contributed by atoms with van der Waals surface area (Å²) in [7, 11) is 1.33. The van der Waals surface area contributed by atoms with Gasteiger partial charge in [-0.1, -0.05) is 18.2 Å². The molecule has 2 fully saturated rings. The van der Waals surface area contributed by atoms with Gasteiger partial charge in [0.05, 0.1) is 6.20 Å². The summed E-state index contributed by atoms with van der Waals surface area (Å²) in [6.07, 6.45) is -1.00. The van der Waals surface area contributed by atoms with Crippen LogP contribution in [0.3, 0.4) is 0 Å². The lowest BCUT2D eigenvalue weighted by Gasteiger charge is -2.11. The van der Waals surface area contributed by atoms with Crippen LogP contribution < -0.4 is 10.1 Å². The lowest BCUT2D eigenvalue weighted by atomic mass is 10.1. The quantitative estimate of drug-likeness (QED) is 0.864. The highest BCUT2D eigenvalue weighted by Gasteiger charge is 2.48. The van der Waals surface area contributed by atoms with Crippen LogP contribution in [0.5, 0.6) is 5.75 Å². The van der Waals surface area contributed by atoms with Crippen molar-refractivity contribution in [1.29, 1.82) is 0 Å². The smallest absolute Gasteiger partial charge is 0.406 e. The van der Waals surface area contributed by atoms with E-state index in [-0.39, 0.29) is 0 Å². The summed E-state index contributed by atoms with van der Waals surface area (Å²) in [5.74, 6) is 1.23. The number of para-hydroxylation sites is 1. The Morgan fingerprint density at radius 2 is 2.04 bits per heavy atom. The Morgan fingerprint density at radius 3 is 2.73 bits per heavy atom. The highest BCUT2D eigenvalue weighted by atomic mass is 19.4. The molecular formula is C18H18F3N3O2. The minimum Gasteiger partial charge on any atom is -0.406 e. The molecule has 8 heteroatoms. The average molecular weight is 365 g/mol. The first-order valence-corrected chi connectivity index (χ1v) is 8.51. The Balaban J connectivity index is 1.48. The zero-order valence-electron chi connectivity index (χ0n) is 14.1. The van der Waals surface area contributed by atoms with Gasteiger partial charge in [0, 0.05) is 12.7 Å². The van der Waals surface area contributed by atoms with Gasteiger partial charge in [0.15, 0.2) is 5.75 Å². The molecule has 26 heavy (non-hydrogen) atoms. The highest BCUT2D eigenvalue weighted by Crippen LogP contribution is 2.60. The maximum absolute atomic E-state index is 13.0. The van der Waals surface area contributed by atoms with Crippen molar-refractivity contribution in [2.45, 2.75) is 31.4 Å². The van der Waals surface area contributed by atoms with Crippen LogP contribution in [0.4, 0.5) is 23.7 Å². The fourth-order valence-electron chi connectivity index (χ4n) is 3.52. The monoisotopic (exact) mass is 365 g/mol. The number of hydrogen-bond donors (Lipinski definition) is 1. The number of nitrogens with one attached hydrogen (secondary N) is 1. The number of hydrogen-bond acceptors (Lipinski definition) is 3. The number of aromatic nitrogens is 2. The molecule has 0 bridgehead atoms. The standard InChI is InChI=1S/C18H18F3N3O2/c1-24-9-15(16(23-24)18(19,20)21)26-17(25)22-14-5-3-2-4-11(14)13-8-12(13)10-6-7-10/h2-5,9-10,12-13H,6-8H2,1H3,(H,22,25). The van der Waals surface area contributed by atoms with E-state index < -0.39 is 23.7 Å². The first-order chi connectivity index (χ1) is 12.3. The molecule has 0 spiro atoms. The number of alkyl halides is 3. The van der Waals surface area contributed by atoms with E-state index in [2.05, 4.69) is 10.4 Å². The predicted octanol–water partition coefficient (Wildman–Crippen LogP) is 4.56. The van der Waals surface area contributed by atoms with Crippen molar-refractivity contribution in [2.24, 2.45) is 18.9 Å². The van der Waals surface area contributed by atoms with Gasteiger partial charge < -0.3 is 4.74 Å². The number of benzene rings is 1. The Labute approximate surface area is 148 Å². The highest BCUT2D eigenvalue weighted by molar-refractivity contribution is 5.87. The van der Waals surface area contributed by atoms with Crippen LogP contribution in [-0.4, -0.2) is 15.9 Å². The molecule has 138 valence electrons. The van der Waals surface area contributed by atoms with E-state index in [9.17, 15) is 18.0 Å². The topological polar surface area (TPSA) is 56.1 Å². The molecule has 2 aromatic rings. The summed E-state index contributed by atoms with van der Waals surface area (Å²) in [4.78, 5) is 12.2. The molecule has 2 aliphatic carbocycles. The molecule has 1 amide bonds. The molecule has 2 atom stereocenters. The van der Waals surface area contributed by atoms with Gasteiger partial charge in [-0.15, -0.1) is 0 Å². The number of rotatable bonds is 4. The van der Waals surface area contributed by atoms with Crippen LogP contribution in [0.1, 0.15) is 36.4 Å². The second kappa shape index (κ2) is 6.03. The minimum absolute atomic E-state index is 0.406. The number of anilines is 1. The normalized spacial score (nSPS) is 22.2. The largest absolute Gasteiger partial charge is 0.438 e. The van der Waals surface area contributed by atoms with Crippen molar-refractivity contribution in [3.63, 3.8) is 0 Å². The first kappa shape index (κ1) is 16.9. The first-order valence-electron chi connectivity index (χ1n) is 8.51. The van der Waals surface area contributed by atoms with E-state index in [1.165, 1.54) is 19.9 Å². The number of carbonyl (C=O) groups excluding carboxylic acids is 1. The second-order valence-corrected chi connectivity index (χ2v) is 6.96. The number of ether oxygens (including phenoxy) is 1. The molecule has 2 saturated carbocycles. The van der Waals surface area contributed by atoms with Gasteiger partial charge >= 0.3 is 12.3 Å². The Hall–Kier alpha value is -2.51. The summed E-state index contributed by atoms with van der Waals surface area (Å²) in [6, 6.07) is 7.37. The van der Waals surface area contributed by atoms with E-state index in [1.807, 2.05) is 12.1 Å². The van der Waals surface area contributed by atoms with Crippen LogP contribution >= 0.6 is 0 Å². The van der Waals surface area contributed by atoms with E-state index in [0.29, 0.717) is 17.5 Å². The van der Waals surface area contributed by atoms with E-state index in [4.69, 9.17) is 4.74 Å². The SMILES string of the molecule is Cn1cc(OC(=O)Nc2ccccc2C2CC2C2CC2)c(C(F)(F)F)n1. The molecule has 4 rings (SSSR count). The maximum Gasteiger partial charge on any atom is 0.438 e. The number of carbonyl (C=O) groups is 1. The predicted molar refractivity (Wildman–Crippen MR) is 87.9 cm³/mol. The van der Waals surface area contributed by atoms with E-state index >= 15 is 0 Å². The van der Waals surface area contributed by atoms with Crippen LogP contribution in [0, 0.1) is 11.8 Å². The van der Waals surface area contributed by atoms with Crippen molar-refractivity contribution in [2.75, 3.05) is 5.32 Å². The molecule has 1 N–H and O–H groups in total. The molecule has 1 aromatic carbocycles. The second-order valence-electron chi connectivity index (χ2n) is 6.96. The average Bonchev–Trinajstić information content (AvgIpc) is 3.44. The lowest BCUT2D eigenvalue weighted by molar-refractivity contribution is -0.142. The van der Waals surface area contributed by atoms with Crippen LogP contribution in [0.2, 0.25) is 0 Å². The van der Waals surface area contributed by atoms with Crippen LogP contribution in [0.15, 0.2) is 30.5 Å². The number of halogens is 3. The molecule has 1 aromatic heterocycles. The Morgan fingerprint density at radius 1 is 1.31 bits per heavy atom. The van der Waals surface area contributed by atoms with Gasteiger partial charge in [0.2, 0.25) is 5.69 Å². The van der Waals surface area contributed by atoms with Crippen molar-refractivity contribution in [3.05, 3.63) is 41.7 Å². The fraction of sp³-hybridized carbons (Fsp3) is 0.444. The molecule has 0 aliphatic heterocycles. The van der Waals surface area contributed by atoms with Crippen molar-refractivity contribution < 1.29 is 22.7 Å². The fourth-order valence-corrected chi connectivity index (χ4v) is 3.52. The molecule has 2 aliphatic rings. The van der Waals surface area contributed by atoms with Gasteiger partial charge in [-0.2, -0.15) is 18.3 Å². The summed E-state index contributed by atoms with van der Waals surface area (Å²) < 4.78 is 44.7. The van der Waals surface area contributed by atoms with Gasteiger partial charge in [0.25, 0.3) is 0 Å². The zero-order chi connectivity index (χ0) is 18.5. The van der Waals surface area contributed by atoms with Gasteiger partial charge in [-0.25, -0.2) is 4.79 Å². The van der Waals surface area contributed by atoms with Crippen molar-refractivity contribution in [3.8, 4) is 5.75 Å². The Bertz CT molecular complexity index is 842. The van der Waals surface area contributed by atoms with Gasteiger partial charge in [0.1, 0.15) is 0 Å². The third kappa shape index (κ3) is 3.40. The van der Waals surface area contributed by atoms with Crippen molar-refractivity contribution >= 4 is 11.8 Å². The zero-order valence-corrected chi connectivity index (χ0v) is 14.1. The Kier molecular flexibility index (Phi) is 3.93. The number of amides is 1. The van der Waals surface area contributed by atoms with Crippen LogP contribution in [-0.2, 0) is 13.2 Å². The van der Waals surface area contributed by atoms with Gasteiger partial charge in [-0.3, -0.25) is 10.00 Å². The lowest BCUT2D eigenvalue weighted by Crippen LogP contribution is -2.19. The summed E-state index contributed by atoms with van der Waals surface area (Å²) in [6.45, 7) is 0. The molecular weight excluding hydrogens is 347 g/mol. The molecule has 2 unspecified atom stereocenters. The molecule has 1 heterocycles. The van der Waals surface area contributed by atoms with Crippen molar-refractivity contribution in [1.82, 2.24) is 9.78 Å². The van der Waals surface area contributed by atoms with Crippen LogP contribution in [0.25, 0.3) is 0 Å². The summed E-state index contributed by atoms with van der Waals surface area (Å²) in [5.41, 5.74) is 0.381. The number of nitrogens with zero attached hydrogens (tertiary/aromatic N) is 2. The van der Waals surface area contributed by atoms with Gasteiger partial charge in [-0.05, 0) is 48.6 Å². The summed E-state index contributed by atoms with van der Waals surface area (Å²) in [5, 5.41) is 5.90.